The second-order valence-corrected chi connectivity index (χ2v) is 6.99. The predicted molar refractivity (Wildman–Crippen MR) is 99.5 cm³/mol. The molecule has 1 atom stereocenters. The van der Waals surface area contributed by atoms with E-state index < -0.39 is 6.09 Å². The van der Waals surface area contributed by atoms with Crippen LogP contribution in [0.25, 0.3) is 0 Å². The second kappa shape index (κ2) is 8.79. The largest absolute Gasteiger partial charge is 0.447 e. The van der Waals surface area contributed by atoms with Crippen molar-refractivity contribution in [2.75, 3.05) is 23.4 Å². The van der Waals surface area contributed by atoms with Gasteiger partial charge >= 0.3 is 6.09 Å². The number of ether oxygens (including phenoxy) is 1. The lowest BCUT2D eigenvalue weighted by atomic mass is 10.1. The van der Waals surface area contributed by atoms with Crippen LogP contribution in [0.3, 0.4) is 0 Å². The molecule has 0 spiro atoms. The van der Waals surface area contributed by atoms with Crippen molar-refractivity contribution in [3.8, 4) is 0 Å². The lowest BCUT2D eigenvalue weighted by Crippen LogP contribution is -2.25. The van der Waals surface area contributed by atoms with Crippen LogP contribution >= 0.6 is 0 Å². The van der Waals surface area contributed by atoms with Gasteiger partial charge in [-0.25, -0.2) is 9.78 Å². The second-order valence-electron chi connectivity index (χ2n) is 6.99. The average Bonchev–Trinajstić information content (AvgIpc) is 3.27. The summed E-state index contributed by atoms with van der Waals surface area (Å²) in [5, 5.41) is 7.36. The van der Waals surface area contributed by atoms with E-state index in [2.05, 4.69) is 46.2 Å². The number of unbranched alkanes of at least 4 members (excludes halogenated alkanes) is 1. The van der Waals surface area contributed by atoms with Gasteiger partial charge in [-0.2, -0.15) is 9.97 Å². The van der Waals surface area contributed by atoms with Crippen molar-refractivity contribution in [2.24, 2.45) is 5.92 Å². The number of anilines is 2. The molecule has 3 heterocycles. The number of amides is 1. The summed E-state index contributed by atoms with van der Waals surface area (Å²) in [4.78, 5) is 26.5. The lowest BCUT2D eigenvalue weighted by molar-refractivity contribution is 0.181. The first-order valence-corrected chi connectivity index (χ1v) is 9.43. The van der Waals surface area contributed by atoms with Crippen molar-refractivity contribution in [3.05, 3.63) is 24.0 Å². The van der Waals surface area contributed by atoms with Crippen molar-refractivity contribution in [3.63, 3.8) is 0 Å². The van der Waals surface area contributed by atoms with E-state index >= 15 is 0 Å². The lowest BCUT2D eigenvalue weighted by Gasteiger charge is -2.16. The minimum Gasteiger partial charge on any atom is -0.447 e. The first-order valence-electron chi connectivity index (χ1n) is 9.43. The predicted octanol–water partition coefficient (Wildman–Crippen LogP) is 3.36. The van der Waals surface area contributed by atoms with Crippen LogP contribution in [0.5, 0.6) is 0 Å². The minimum absolute atomic E-state index is 0.181. The number of rotatable bonds is 9. The van der Waals surface area contributed by atoms with Crippen LogP contribution in [0, 0.1) is 5.92 Å². The molecule has 1 saturated heterocycles. The van der Waals surface area contributed by atoms with Gasteiger partial charge in [0.15, 0.2) is 5.82 Å². The van der Waals surface area contributed by atoms with E-state index in [0.29, 0.717) is 42.6 Å². The van der Waals surface area contributed by atoms with E-state index in [1.165, 1.54) is 4.90 Å². The minimum atomic E-state index is -0.391. The highest BCUT2D eigenvalue weighted by molar-refractivity contribution is 5.88. The molecule has 27 heavy (non-hydrogen) atoms. The molecule has 0 saturated carbocycles. The summed E-state index contributed by atoms with van der Waals surface area (Å²) in [7, 11) is 0. The van der Waals surface area contributed by atoms with E-state index in [1.54, 1.807) is 12.3 Å². The highest BCUT2D eigenvalue weighted by atomic mass is 16.6. The number of carbonyl (C=O) groups is 1. The van der Waals surface area contributed by atoms with Gasteiger partial charge in [-0.15, -0.1) is 0 Å². The van der Waals surface area contributed by atoms with E-state index in [0.717, 1.165) is 25.7 Å². The van der Waals surface area contributed by atoms with Crippen molar-refractivity contribution in [2.45, 2.75) is 52.5 Å². The maximum atomic E-state index is 11.8. The fourth-order valence-corrected chi connectivity index (χ4v) is 2.85. The van der Waals surface area contributed by atoms with Crippen LogP contribution in [0.15, 0.2) is 16.8 Å². The van der Waals surface area contributed by atoms with Gasteiger partial charge in [0.2, 0.25) is 11.8 Å². The highest BCUT2D eigenvalue weighted by Crippen LogP contribution is 2.24. The zero-order valence-electron chi connectivity index (χ0n) is 16.0. The van der Waals surface area contributed by atoms with E-state index in [1.807, 2.05) is 0 Å². The third-order valence-electron chi connectivity index (χ3n) is 4.20. The number of nitrogens with zero attached hydrogens (tertiary/aromatic N) is 5. The number of hydrogen-bond acceptors (Lipinski definition) is 8. The van der Waals surface area contributed by atoms with Crippen LogP contribution in [0.4, 0.5) is 16.6 Å². The molecule has 3 rings (SSSR count). The zero-order chi connectivity index (χ0) is 19.2. The molecule has 9 heteroatoms. The molecule has 0 bridgehead atoms. The van der Waals surface area contributed by atoms with Gasteiger partial charge in [0.05, 0.1) is 6.54 Å². The molecule has 1 aliphatic rings. The first-order chi connectivity index (χ1) is 13.1. The molecule has 1 amide bonds. The normalized spacial score (nSPS) is 15.3. The summed E-state index contributed by atoms with van der Waals surface area (Å²) < 4.78 is 10.5. The van der Waals surface area contributed by atoms with Crippen molar-refractivity contribution in [1.82, 2.24) is 20.1 Å². The molecule has 146 valence electrons. The van der Waals surface area contributed by atoms with E-state index in [-0.39, 0.29) is 6.04 Å². The Labute approximate surface area is 158 Å². The van der Waals surface area contributed by atoms with Gasteiger partial charge in [0.25, 0.3) is 0 Å². The van der Waals surface area contributed by atoms with Crippen LogP contribution in [0.2, 0.25) is 0 Å². The smallest absolute Gasteiger partial charge is 0.415 e. The molecule has 0 aliphatic carbocycles. The van der Waals surface area contributed by atoms with Gasteiger partial charge < -0.3 is 14.6 Å². The van der Waals surface area contributed by atoms with Crippen LogP contribution in [-0.2, 0) is 11.2 Å². The number of nitrogens with one attached hydrogen (secondary N) is 1. The topological polar surface area (TPSA) is 106 Å². The van der Waals surface area contributed by atoms with Crippen LogP contribution < -0.4 is 10.2 Å². The molecule has 2 aromatic rings. The third kappa shape index (κ3) is 4.93. The molecular weight excluding hydrogens is 348 g/mol. The molecule has 2 aromatic heterocycles. The number of hydrogen-bond donors (Lipinski definition) is 1. The molecule has 1 fully saturated rings. The summed E-state index contributed by atoms with van der Waals surface area (Å²) in [5.74, 6) is 2.62. The summed E-state index contributed by atoms with van der Waals surface area (Å²) >= 11 is 0. The zero-order valence-corrected chi connectivity index (χ0v) is 16.0. The van der Waals surface area contributed by atoms with Gasteiger partial charge in [0, 0.05) is 12.6 Å². The maximum Gasteiger partial charge on any atom is 0.415 e. The Bertz CT molecular complexity index is 763. The van der Waals surface area contributed by atoms with Crippen molar-refractivity contribution < 1.29 is 14.1 Å². The summed E-state index contributed by atoms with van der Waals surface area (Å²) in [6.45, 7) is 7.21. The SMILES string of the molecule is CCCCC(Nc1nccc(N2CCOC2=O)n1)c1nc(CC(C)C)no1. The molecule has 1 N–H and O–H groups in total. The number of carbonyl (C=O) groups excluding carboxylic acids is 1. The third-order valence-corrected chi connectivity index (χ3v) is 4.20. The monoisotopic (exact) mass is 374 g/mol. The van der Waals surface area contributed by atoms with Crippen molar-refractivity contribution in [1.29, 1.82) is 0 Å². The average molecular weight is 374 g/mol. The summed E-state index contributed by atoms with van der Waals surface area (Å²) in [6, 6.07) is 1.51. The Morgan fingerprint density at radius 3 is 2.89 bits per heavy atom. The molecule has 9 nitrogen and oxygen atoms in total. The van der Waals surface area contributed by atoms with Gasteiger partial charge in [-0.05, 0) is 18.4 Å². The Hall–Kier alpha value is -2.71. The Morgan fingerprint density at radius 1 is 1.33 bits per heavy atom. The van der Waals surface area contributed by atoms with Crippen molar-refractivity contribution >= 4 is 17.9 Å². The summed E-state index contributed by atoms with van der Waals surface area (Å²) in [5.41, 5.74) is 0. The molecule has 0 aromatic carbocycles. The Kier molecular flexibility index (Phi) is 6.20. The summed E-state index contributed by atoms with van der Waals surface area (Å²) in [6.07, 6.45) is 4.86. The fraction of sp³-hybridized carbons (Fsp3) is 0.611. The first kappa shape index (κ1) is 19.1. The molecule has 0 radical (unpaired) electrons. The van der Waals surface area contributed by atoms with Gasteiger partial charge in [-0.3, -0.25) is 4.90 Å². The Morgan fingerprint density at radius 2 is 2.19 bits per heavy atom. The van der Waals surface area contributed by atoms with Gasteiger partial charge in [-0.1, -0.05) is 38.8 Å². The Balaban J connectivity index is 1.76. The molecule has 1 aliphatic heterocycles. The van der Waals surface area contributed by atoms with E-state index in [9.17, 15) is 4.79 Å². The highest BCUT2D eigenvalue weighted by Gasteiger charge is 2.26. The quantitative estimate of drug-likeness (QED) is 0.712. The van der Waals surface area contributed by atoms with Crippen LogP contribution in [0.1, 0.15) is 57.8 Å². The fourth-order valence-electron chi connectivity index (χ4n) is 2.85. The number of aromatic nitrogens is 4. The standard InChI is InChI=1S/C18H26N6O3/c1-4-5-6-13(16-21-14(23-27-16)11-12(2)3)20-17-19-8-7-15(22-17)24-9-10-26-18(24)25/h7-8,12-13H,4-6,9-11H2,1-3H3,(H,19,20,22). The molecular formula is C18H26N6O3. The van der Waals surface area contributed by atoms with Gasteiger partial charge in [0.1, 0.15) is 18.5 Å². The number of cyclic esters (lactones) is 1. The van der Waals surface area contributed by atoms with Crippen LogP contribution in [-0.4, -0.2) is 39.4 Å². The molecule has 1 unspecified atom stereocenters. The maximum absolute atomic E-state index is 11.8. The van der Waals surface area contributed by atoms with E-state index in [4.69, 9.17) is 9.26 Å².